The van der Waals surface area contributed by atoms with Gasteiger partial charge in [0.15, 0.2) is 0 Å². The van der Waals surface area contributed by atoms with Crippen molar-refractivity contribution >= 4 is 21.9 Å². The Morgan fingerprint density at radius 3 is 2.51 bits per heavy atom. The van der Waals surface area contributed by atoms with E-state index in [1.807, 2.05) is 48.7 Å². The fourth-order valence-corrected chi connectivity index (χ4v) is 4.90. The summed E-state index contributed by atoms with van der Waals surface area (Å²) in [5.74, 6) is 1.94. The molecule has 0 aliphatic carbocycles. The Labute approximate surface area is 224 Å². The maximum absolute atomic E-state index is 9.17. The van der Waals surface area contributed by atoms with Crippen molar-refractivity contribution in [2.24, 2.45) is 0 Å². The molecule has 6 aromatic rings. The van der Waals surface area contributed by atoms with Gasteiger partial charge < -0.3 is 14.0 Å². The standard InChI is InChI=1S/C30H24N6O3/c1-17-28(19(3)39-35-17)23-13-25-22(14-27(23)37-4)29-26(16-33-25)34-30(38-21-10-8-20(15-31)9-11-21)36(29)18(2)24-7-5-6-12-32-24/h5-14,16,18H,1-4H3/t18-/m1/s1. The maximum atomic E-state index is 9.17. The van der Waals surface area contributed by atoms with Gasteiger partial charge in [-0.3, -0.25) is 14.5 Å². The van der Waals surface area contributed by atoms with Crippen LogP contribution in [0, 0.1) is 25.2 Å². The number of imidazole rings is 1. The van der Waals surface area contributed by atoms with Crippen LogP contribution in [0.3, 0.4) is 0 Å². The van der Waals surface area contributed by atoms with E-state index in [-0.39, 0.29) is 6.04 Å². The molecule has 0 amide bonds. The van der Waals surface area contributed by atoms with Crippen molar-refractivity contribution in [3.8, 4) is 34.7 Å². The second-order valence-corrected chi connectivity index (χ2v) is 9.19. The number of nitrogens with zero attached hydrogens (tertiary/aromatic N) is 6. The van der Waals surface area contributed by atoms with E-state index in [9.17, 15) is 0 Å². The first-order valence-electron chi connectivity index (χ1n) is 12.4. The number of nitriles is 1. The molecular weight excluding hydrogens is 492 g/mol. The molecule has 0 spiro atoms. The van der Waals surface area contributed by atoms with Crippen LogP contribution in [-0.4, -0.2) is 31.8 Å². The number of hydrogen-bond donors (Lipinski definition) is 0. The Balaban J connectivity index is 1.61. The third-order valence-electron chi connectivity index (χ3n) is 6.80. The van der Waals surface area contributed by atoms with Crippen LogP contribution in [0.4, 0.5) is 0 Å². The van der Waals surface area contributed by atoms with Crippen LogP contribution in [0.5, 0.6) is 17.5 Å². The molecule has 0 fully saturated rings. The van der Waals surface area contributed by atoms with E-state index in [4.69, 9.17) is 29.2 Å². The maximum Gasteiger partial charge on any atom is 0.303 e. The summed E-state index contributed by atoms with van der Waals surface area (Å²) < 4.78 is 19.6. The van der Waals surface area contributed by atoms with Crippen molar-refractivity contribution in [3.63, 3.8) is 0 Å². The Morgan fingerprint density at radius 1 is 1.03 bits per heavy atom. The summed E-state index contributed by atoms with van der Waals surface area (Å²) in [5.41, 5.74) is 6.18. The number of hydrogen-bond acceptors (Lipinski definition) is 8. The molecule has 0 saturated heterocycles. The van der Waals surface area contributed by atoms with E-state index >= 15 is 0 Å². The molecule has 0 unspecified atom stereocenters. The Hall–Kier alpha value is -5.23. The molecule has 0 bridgehead atoms. The first-order valence-corrected chi connectivity index (χ1v) is 12.4. The molecule has 6 rings (SSSR count). The first kappa shape index (κ1) is 24.1. The molecule has 39 heavy (non-hydrogen) atoms. The highest BCUT2D eigenvalue weighted by Crippen LogP contribution is 2.41. The number of aryl methyl sites for hydroxylation is 2. The zero-order valence-electron chi connectivity index (χ0n) is 21.8. The van der Waals surface area contributed by atoms with Gasteiger partial charge >= 0.3 is 6.01 Å². The molecule has 2 aromatic carbocycles. The quantitative estimate of drug-likeness (QED) is 0.245. The highest BCUT2D eigenvalue weighted by Gasteiger charge is 2.24. The lowest BCUT2D eigenvalue weighted by molar-refractivity contribution is 0.393. The van der Waals surface area contributed by atoms with Crippen LogP contribution in [-0.2, 0) is 0 Å². The van der Waals surface area contributed by atoms with Crippen molar-refractivity contribution in [1.82, 2.24) is 24.7 Å². The fraction of sp³-hybridized carbons (Fsp3) is 0.167. The molecule has 4 heterocycles. The number of rotatable bonds is 6. The third-order valence-corrected chi connectivity index (χ3v) is 6.80. The highest BCUT2D eigenvalue weighted by molar-refractivity contribution is 6.05. The predicted molar refractivity (Wildman–Crippen MR) is 146 cm³/mol. The molecule has 0 saturated carbocycles. The minimum absolute atomic E-state index is 0.219. The zero-order chi connectivity index (χ0) is 27.1. The van der Waals surface area contributed by atoms with Crippen molar-refractivity contribution in [2.75, 3.05) is 7.11 Å². The normalized spacial score (nSPS) is 12.0. The molecule has 1 atom stereocenters. The zero-order valence-corrected chi connectivity index (χ0v) is 21.8. The first-order chi connectivity index (χ1) is 19.0. The van der Waals surface area contributed by atoms with Crippen molar-refractivity contribution in [1.29, 1.82) is 5.26 Å². The Morgan fingerprint density at radius 2 is 1.85 bits per heavy atom. The van der Waals surface area contributed by atoms with E-state index in [0.29, 0.717) is 34.3 Å². The predicted octanol–water partition coefficient (Wildman–Crippen LogP) is 6.53. The molecule has 9 nitrogen and oxygen atoms in total. The summed E-state index contributed by atoms with van der Waals surface area (Å²) in [4.78, 5) is 14.2. The second-order valence-electron chi connectivity index (χ2n) is 9.19. The van der Waals surface area contributed by atoms with E-state index in [1.165, 1.54) is 0 Å². The fourth-order valence-electron chi connectivity index (χ4n) is 4.90. The third kappa shape index (κ3) is 4.12. The lowest BCUT2D eigenvalue weighted by Crippen LogP contribution is -2.10. The van der Waals surface area contributed by atoms with Crippen LogP contribution in [0.15, 0.2) is 71.5 Å². The molecule has 4 aromatic heterocycles. The average molecular weight is 517 g/mol. The minimum atomic E-state index is -0.219. The lowest BCUT2D eigenvalue weighted by atomic mass is 10.0. The second kappa shape index (κ2) is 9.58. The number of methoxy groups -OCH3 is 1. The van der Waals surface area contributed by atoms with Gasteiger partial charge in [0, 0.05) is 17.1 Å². The van der Waals surface area contributed by atoms with Gasteiger partial charge in [0.25, 0.3) is 0 Å². The molecule has 192 valence electrons. The molecule has 9 heteroatoms. The van der Waals surface area contributed by atoms with Gasteiger partial charge in [0.05, 0.1) is 59.0 Å². The van der Waals surface area contributed by atoms with Gasteiger partial charge in [-0.05, 0) is 69.3 Å². The topological polar surface area (TPSA) is 112 Å². The van der Waals surface area contributed by atoms with E-state index in [1.54, 1.807) is 43.8 Å². The molecular formula is C30H24N6O3. The van der Waals surface area contributed by atoms with E-state index in [0.717, 1.165) is 38.9 Å². The van der Waals surface area contributed by atoms with Crippen LogP contribution < -0.4 is 9.47 Å². The molecule has 0 radical (unpaired) electrons. The number of ether oxygens (including phenoxy) is 2. The Bertz CT molecular complexity index is 1850. The van der Waals surface area contributed by atoms with Gasteiger partial charge in [0.2, 0.25) is 0 Å². The largest absolute Gasteiger partial charge is 0.496 e. The summed E-state index contributed by atoms with van der Waals surface area (Å²) in [7, 11) is 1.64. The lowest BCUT2D eigenvalue weighted by Gasteiger charge is -2.18. The van der Waals surface area contributed by atoms with Crippen LogP contribution >= 0.6 is 0 Å². The Kier molecular flexibility index (Phi) is 5.92. The number of pyridine rings is 2. The van der Waals surface area contributed by atoms with Crippen molar-refractivity contribution in [3.05, 3.63) is 89.7 Å². The van der Waals surface area contributed by atoms with Crippen LogP contribution in [0.2, 0.25) is 0 Å². The summed E-state index contributed by atoms with van der Waals surface area (Å²) >= 11 is 0. The molecule has 0 aliphatic rings. The smallest absolute Gasteiger partial charge is 0.303 e. The van der Waals surface area contributed by atoms with Gasteiger partial charge in [-0.1, -0.05) is 11.2 Å². The SMILES string of the molecule is COc1cc2c(cc1-c1c(C)noc1C)ncc1nc(Oc3ccc(C#N)cc3)n([C@H](C)c3ccccn3)c12. The van der Waals surface area contributed by atoms with E-state index < -0.39 is 0 Å². The summed E-state index contributed by atoms with van der Waals surface area (Å²) in [6, 6.07) is 19.0. The average Bonchev–Trinajstić information content (AvgIpc) is 3.51. The number of aromatic nitrogens is 5. The van der Waals surface area contributed by atoms with Gasteiger partial charge in [-0.15, -0.1) is 0 Å². The summed E-state index contributed by atoms with van der Waals surface area (Å²) in [6.45, 7) is 5.84. The van der Waals surface area contributed by atoms with Crippen molar-refractivity contribution < 1.29 is 14.0 Å². The van der Waals surface area contributed by atoms with Gasteiger partial charge in [-0.25, -0.2) is 0 Å². The number of fused-ring (bicyclic) bond motifs is 3. The number of benzene rings is 2. The molecule has 0 aliphatic heterocycles. The van der Waals surface area contributed by atoms with Gasteiger partial charge in [0.1, 0.15) is 22.8 Å². The van der Waals surface area contributed by atoms with Gasteiger partial charge in [-0.2, -0.15) is 10.2 Å². The molecule has 0 N–H and O–H groups in total. The summed E-state index contributed by atoms with van der Waals surface area (Å²) in [5, 5.41) is 14.1. The monoisotopic (exact) mass is 516 g/mol. The minimum Gasteiger partial charge on any atom is -0.496 e. The van der Waals surface area contributed by atoms with Crippen LogP contribution in [0.1, 0.15) is 35.7 Å². The summed E-state index contributed by atoms with van der Waals surface area (Å²) in [6.07, 6.45) is 3.51. The highest BCUT2D eigenvalue weighted by atomic mass is 16.5. The van der Waals surface area contributed by atoms with Crippen molar-refractivity contribution in [2.45, 2.75) is 26.8 Å². The van der Waals surface area contributed by atoms with Crippen LogP contribution in [0.25, 0.3) is 33.1 Å². The van der Waals surface area contributed by atoms with E-state index in [2.05, 4.69) is 23.1 Å².